The smallest absolute Gasteiger partial charge is 0.127 e. The fraction of sp³-hybridized carbons (Fsp3) is 0.455. The number of aromatic hydroxyl groups is 2. The summed E-state index contributed by atoms with van der Waals surface area (Å²) in [4.78, 5) is 0. The molecule has 2 nitrogen and oxygen atoms in total. The van der Waals surface area contributed by atoms with Gasteiger partial charge in [-0.3, -0.25) is 0 Å². The largest absolute Gasteiger partial charge is 0.507 e. The van der Waals surface area contributed by atoms with Gasteiger partial charge >= 0.3 is 0 Å². The zero-order valence-corrected chi connectivity index (χ0v) is 21.5. The number of phenols is 2. The maximum Gasteiger partial charge on any atom is 0.127 e. The minimum Gasteiger partial charge on any atom is -0.507 e. The summed E-state index contributed by atoms with van der Waals surface area (Å²) >= 11 is 7.28. The van der Waals surface area contributed by atoms with Gasteiger partial charge in [-0.25, -0.2) is 0 Å². The van der Waals surface area contributed by atoms with Crippen LogP contribution in [0, 0.1) is 13.8 Å². The molecule has 0 bridgehead atoms. The van der Waals surface area contributed by atoms with E-state index in [0.717, 1.165) is 31.2 Å². The molecule has 0 aliphatic carbocycles. The average Bonchev–Trinajstić information content (AvgIpc) is 2.47. The van der Waals surface area contributed by atoms with E-state index in [-0.39, 0.29) is 35.8 Å². The molecule has 0 aromatic heterocycles. The molecule has 2 aromatic rings. The molecule has 0 amide bonds. The standard InChI is InChI=1S/C22H28Br2O2.H2S/c1-11-15(23)9-13(21(3,4)5)19(25)17(11)18-12(2)16(24)10-14(20(18)26)22(6,7)8;/h9-10,25-26H,1-8H3;1H2. The van der Waals surface area contributed by atoms with Gasteiger partial charge in [0.2, 0.25) is 0 Å². The summed E-state index contributed by atoms with van der Waals surface area (Å²) in [5.41, 5.74) is 4.44. The minimum absolute atomic E-state index is 0. The summed E-state index contributed by atoms with van der Waals surface area (Å²) in [7, 11) is 0. The van der Waals surface area contributed by atoms with Crippen LogP contribution in [0.5, 0.6) is 11.5 Å². The molecular weight excluding hydrogens is 488 g/mol. The van der Waals surface area contributed by atoms with Gasteiger partial charge < -0.3 is 10.2 Å². The van der Waals surface area contributed by atoms with Crippen LogP contribution in [0.25, 0.3) is 11.1 Å². The second kappa shape index (κ2) is 8.00. The van der Waals surface area contributed by atoms with Crippen LogP contribution in [0.4, 0.5) is 0 Å². The van der Waals surface area contributed by atoms with Gasteiger partial charge in [0.1, 0.15) is 11.5 Å². The zero-order valence-electron chi connectivity index (χ0n) is 17.3. The molecule has 5 heteroatoms. The molecule has 150 valence electrons. The monoisotopic (exact) mass is 516 g/mol. The Balaban J connectivity index is 0.00000364. The fourth-order valence-corrected chi connectivity index (χ4v) is 4.08. The van der Waals surface area contributed by atoms with Crippen molar-refractivity contribution in [2.24, 2.45) is 0 Å². The Morgan fingerprint density at radius 1 is 0.667 bits per heavy atom. The predicted molar refractivity (Wildman–Crippen MR) is 128 cm³/mol. The SMILES string of the molecule is Cc1c(Br)cc(C(C)(C)C)c(O)c1-c1c(C)c(Br)cc(C(C)(C)C)c1O.S. The number of hydrogen-bond acceptors (Lipinski definition) is 2. The molecule has 0 fully saturated rings. The van der Waals surface area contributed by atoms with Crippen molar-refractivity contribution in [3.05, 3.63) is 43.3 Å². The van der Waals surface area contributed by atoms with E-state index < -0.39 is 0 Å². The van der Waals surface area contributed by atoms with Gasteiger partial charge in [-0.05, 0) is 47.9 Å². The summed E-state index contributed by atoms with van der Waals surface area (Å²) in [6.45, 7) is 16.3. The normalized spacial score (nSPS) is 12.1. The van der Waals surface area contributed by atoms with E-state index in [9.17, 15) is 10.2 Å². The first-order chi connectivity index (χ1) is 11.7. The van der Waals surface area contributed by atoms with Crippen molar-refractivity contribution < 1.29 is 10.2 Å². The molecule has 0 saturated heterocycles. The van der Waals surface area contributed by atoms with E-state index in [1.807, 2.05) is 26.0 Å². The third-order valence-corrected chi connectivity index (χ3v) is 6.51. The fourth-order valence-electron chi connectivity index (χ4n) is 3.23. The molecule has 2 N–H and O–H groups in total. The second-order valence-corrected chi connectivity index (χ2v) is 10.7. The molecule has 2 rings (SSSR count). The average molecular weight is 518 g/mol. The van der Waals surface area contributed by atoms with Crippen molar-refractivity contribution in [1.82, 2.24) is 0 Å². The zero-order chi connectivity index (χ0) is 20.2. The lowest BCUT2D eigenvalue weighted by Crippen LogP contribution is -2.14. The Hall–Kier alpha value is -0.650. The lowest BCUT2D eigenvalue weighted by molar-refractivity contribution is 0.439. The Morgan fingerprint density at radius 3 is 1.15 bits per heavy atom. The molecule has 0 radical (unpaired) electrons. The van der Waals surface area contributed by atoms with Crippen molar-refractivity contribution in [3.8, 4) is 22.6 Å². The molecule has 2 aromatic carbocycles. The highest BCUT2D eigenvalue weighted by Crippen LogP contribution is 2.50. The molecule has 0 atom stereocenters. The van der Waals surface area contributed by atoms with Crippen molar-refractivity contribution in [1.29, 1.82) is 0 Å². The van der Waals surface area contributed by atoms with Crippen molar-refractivity contribution in [2.45, 2.75) is 66.2 Å². The van der Waals surface area contributed by atoms with Gasteiger partial charge in [-0.1, -0.05) is 73.4 Å². The summed E-state index contributed by atoms with van der Waals surface area (Å²) in [6, 6.07) is 3.95. The highest BCUT2D eigenvalue weighted by atomic mass is 79.9. The van der Waals surface area contributed by atoms with E-state index in [2.05, 4.69) is 73.4 Å². The molecule has 27 heavy (non-hydrogen) atoms. The van der Waals surface area contributed by atoms with Gasteiger partial charge in [-0.15, -0.1) is 0 Å². The van der Waals surface area contributed by atoms with Crippen LogP contribution in [0.15, 0.2) is 21.1 Å². The quantitative estimate of drug-likeness (QED) is 0.408. The van der Waals surface area contributed by atoms with Gasteiger partial charge in [0.05, 0.1) is 0 Å². The lowest BCUT2D eigenvalue weighted by atomic mass is 9.80. The minimum atomic E-state index is -0.225. The van der Waals surface area contributed by atoms with Gasteiger partial charge in [0.15, 0.2) is 0 Å². The van der Waals surface area contributed by atoms with Crippen LogP contribution < -0.4 is 0 Å². The number of benzene rings is 2. The molecule has 0 heterocycles. The van der Waals surface area contributed by atoms with E-state index in [1.165, 1.54) is 0 Å². The molecule has 0 saturated carbocycles. The number of hydrogen-bond donors (Lipinski definition) is 2. The number of rotatable bonds is 1. The Labute approximate surface area is 187 Å². The van der Waals surface area contributed by atoms with Crippen molar-refractivity contribution >= 4 is 45.4 Å². The Bertz CT molecular complexity index is 802. The third kappa shape index (κ3) is 4.51. The molecule has 0 spiro atoms. The molecule has 0 aliphatic heterocycles. The van der Waals surface area contributed by atoms with Gasteiger partial charge in [0, 0.05) is 31.2 Å². The van der Waals surface area contributed by atoms with Gasteiger partial charge in [0.25, 0.3) is 0 Å². The third-order valence-electron chi connectivity index (χ3n) is 4.86. The van der Waals surface area contributed by atoms with E-state index >= 15 is 0 Å². The maximum atomic E-state index is 11.2. The Kier molecular flexibility index (Phi) is 7.22. The summed E-state index contributed by atoms with van der Waals surface area (Å²) in [5, 5.41) is 22.3. The first-order valence-corrected chi connectivity index (χ1v) is 10.3. The van der Waals surface area contributed by atoms with E-state index in [0.29, 0.717) is 11.1 Å². The van der Waals surface area contributed by atoms with Crippen molar-refractivity contribution in [2.75, 3.05) is 0 Å². The first-order valence-electron chi connectivity index (χ1n) is 8.73. The lowest BCUT2D eigenvalue weighted by Gasteiger charge is -2.28. The summed E-state index contributed by atoms with van der Waals surface area (Å²) < 4.78 is 1.85. The molecule has 0 aliphatic rings. The van der Waals surface area contributed by atoms with E-state index in [1.54, 1.807) is 0 Å². The predicted octanol–water partition coefficient (Wildman–Crippen LogP) is 7.61. The van der Waals surface area contributed by atoms with Crippen LogP contribution in [0.3, 0.4) is 0 Å². The molecule has 0 unspecified atom stereocenters. The number of phenolic OH excluding ortho intramolecular Hbond substituents is 2. The molecular formula is C22H30Br2O2S. The maximum absolute atomic E-state index is 11.2. The second-order valence-electron chi connectivity index (χ2n) is 9.01. The summed E-state index contributed by atoms with van der Waals surface area (Å²) in [5.74, 6) is 0.462. The highest BCUT2D eigenvalue weighted by molar-refractivity contribution is 9.10. The van der Waals surface area contributed by atoms with Crippen LogP contribution in [0.2, 0.25) is 0 Å². The van der Waals surface area contributed by atoms with Crippen molar-refractivity contribution in [3.63, 3.8) is 0 Å². The van der Waals surface area contributed by atoms with Crippen LogP contribution >= 0.6 is 45.4 Å². The van der Waals surface area contributed by atoms with E-state index in [4.69, 9.17) is 0 Å². The Morgan fingerprint density at radius 2 is 0.926 bits per heavy atom. The van der Waals surface area contributed by atoms with Crippen LogP contribution in [-0.4, -0.2) is 10.2 Å². The van der Waals surface area contributed by atoms with Crippen LogP contribution in [-0.2, 0) is 10.8 Å². The first kappa shape index (κ1) is 24.4. The highest BCUT2D eigenvalue weighted by Gasteiger charge is 2.29. The van der Waals surface area contributed by atoms with Gasteiger partial charge in [-0.2, -0.15) is 13.5 Å². The number of halogens is 2. The van der Waals surface area contributed by atoms with Crippen LogP contribution in [0.1, 0.15) is 63.8 Å². The summed E-state index contributed by atoms with van der Waals surface area (Å²) in [6.07, 6.45) is 0. The topological polar surface area (TPSA) is 40.5 Å².